The summed E-state index contributed by atoms with van der Waals surface area (Å²) in [4.78, 5) is 2.41. The van der Waals surface area contributed by atoms with Crippen LogP contribution in [-0.2, 0) is 0 Å². The SMILES string of the molecule is CCCNC(C)c1c(OC)cccc1N(C)CC1CCC1. The molecule has 0 heterocycles. The minimum Gasteiger partial charge on any atom is -0.496 e. The lowest BCUT2D eigenvalue weighted by molar-refractivity contribution is 0.321. The van der Waals surface area contributed by atoms with Crippen molar-refractivity contribution in [3.63, 3.8) is 0 Å². The topological polar surface area (TPSA) is 24.5 Å². The summed E-state index contributed by atoms with van der Waals surface area (Å²) in [5, 5.41) is 3.59. The monoisotopic (exact) mass is 290 g/mol. The summed E-state index contributed by atoms with van der Waals surface area (Å²) in [6, 6.07) is 6.70. The fourth-order valence-corrected chi connectivity index (χ4v) is 3.10. The standard InChI is InChI=1S/C18H30N2O/c1-5-12-19-14(2)18-16(10-7-11-17(18)21-4)20(3)13-15-8-6-9-15/h7,10-11,14-15,19H,5-6,8-9,12-13H2,1-4H3. The molecule has 1 aromatic rings. The third kappa shape index (κ3) is 3.91. The Hall–Kier alpha value is -1.22. The summed E-state index contributed by atoms with van der Waals surface area (Å²) < 4.78 is 5.62. The summed E-state index contributed by atoms with van der Waals surface area (Å²) in [6.07, 6.45) is 5.31. The number of benzene rings is 1. The van der Waals surface area contributed by atoms with Crippen molar-refractivity contribution >= 4 is 5.69 Å². The largest absolute Gasteiger partial charge is 0.496 e. The molecule has 1 fully saturated rings. The molecule has 118 valence electrons. The highest BCUT2D eigenvalue weighted by atomic mass is 16.5. The van der Waals surface area contributed by atoms with Gasteiger partial charge in [-0.2, -0.15) is 0 Å². The zero-order valence-electron chi connectivity index (χ0n) is 14.0. The van der Waals surface area contributed by atoms with Crippen LogP contribution in [0.3, 0.4) is 0 Å². The smallest absolute Gasteiger partial charge is 0.125 e. The van der Waals surface area contributed by atoms with E-state index in [0.29, 0.717) is 6.04 Å². The van der Waals surface area contributed by atoms with Crippen LogP contribution in [0.5, 0.6) is 5.75 Å². The average molecular weight is 290 g/mol. The van der Waals surface area contributed by atoms with Crippen molar-refractivity contribution < 1.29 is 4.74 Å². The molecule has 0 amide bonds. The van der Waals surface area contributed by atoms with Crippen LogP contribution in [0, 0.1) is 5.92 Å². The Morgan fingerprint density at radius 3 is 2.71 bits per heavy atom. The molecule has 1 aliphatic rings. The van der Waals surface area contributed by atoms with Crippen LogP contribution in [-0.4, -0.2) is 27.2 Å². The van der Waals surface area contributed by atoms with E-state index in [2.05, 4.69) is 49.3 Å². The highest BCUT2D eigenvalue weighted by molar-refractivity contribution is 5.60. The predicted molar refractivity (Wildman–Crippen MR) is 90.3 cm³/mol. The van der Waals surface area contributed by atoms with E-state index < -0.39 is 0 Å². The van der Waals surface area contributed by atoms with Crippen LogP contribution in [0.25, 0.3) is 0 Å². The molecule has 21 heavy (non-hydrogen) atoms. The first-order chi connectivity index (χ1) is 10.2. The lowest BCUT2D eigenvalue weighted by atomic mass is 9.85. The van der Waals surface area contributed by atoms with Crippen LogP contribution >= 0.6 is 0 Å². The highest BCUT2D eigenvalue weighted by Gasteiger charge is 2.23. The van der Waals surface area contributed by atoms with E-state index in [1.807, 2.05) is 0 Å². The molecule has 1 aromatic carbocycles. The molecule has 0 aliphatic heterocycles. The van der Waals surface area contributed by atoms with Gasteiger partial charge in [-0.3, -0.25) is 0 Å². The van der Waals surface area contributed by atoms with Crippen molar-refractivity contribution in [3.8, 4) is 5.75 Å². The fraction of sp³-hybridized carbons (Fsp3) is 0.667. The van der Waals surface area contributed by atoms with Gasteiger partial charge in [0, 0.05) is 30.9 Å². The zero-order chi connectivity index (χ0) is 15.2. The second-order valence-corrected chi connectivity index (χ2v) is 6.25. The highest BCUT2D eigenvalue weighted by Crippen LogP contribution is 2.36. The van der Waals surface area contributed by atoms with E-state index >= 15 is 0 Å². The molecule has 2 rings (SSSR count). The molecule has 0 bridgehead atoms. The second-order valence-electron chi connectivity index (χ2n) is 6.25. The number of nitrogens with zero attached hydrogens (tertiary/aromatic N) is 1. The lowest BCUT2D eigenvalue weighted by Crippen LogP contribution is -2.31. The molecule has 3 nitrogen and oxygen atoms in total. The first-order valence-corrected chi connectivity index (χ1v) is 8.28. The van der Waals surface area contributed by atoms with Crippen LogP contribution < -0.4 is 15.0 Å². The Kier molecular flexibility index (Phi) is 5.92. The van der Waals surface area contributed by atoms with Gasteiger partial charge in [-0.05, 0) is 50.8 Å². The first kappa shape index (κ1) is 16.2. The van der Waals surface area contributed by atoms with Crippen molar-refractivity contribution in [3.05, 3.63) is 23.8 Å². The summed E-state index contributed by atoms with van der Waals surface area (Å²) in [7, 11) is 3.98. The van der Waals surface area contributed by atoms with Gasteiger partial charge >= 0.3 is 0 Å². The van der Waals surface area contributed by atoms with Crippen molar-refractivity contribution in [2.45, 2.75) is 45.6 Å². The third-order valence-electron chi connectivity index (χ3n) is 4.56. The van der Waals surface area contributed by atoms with Crippen molar-refractivity contribution in [2.24, 2.45) is 5.92 Å². The molecule has 1 saturated carbocycles. The van der Waals surface area contributed by atoms with Gasteiger partial charge in [0.2, 0.25) is 0 Å². The lowest BCUT2D eigenvalue weighted by Gasteiger charge is -2.33. The average Bonchev–Trinajstić information content (AvgIpc) is 2.47. The van der Waals surface area contributed by atoms with Gasteiger partial charge in [0.25, 0.3) is 0 Å². The van der Waals surface area contributed by atoms with E-state index in [-0.39, 0.29) is 0 Å². The van der Waals surface area contributed by atoms with Crippen LogP contribution in [0.4, 0.5) is 5.69 Å². The number of ether oxygens (including phenoxy) is 1. The third-order valence-corrected chi connectivity index (χ3v) is 4.56. The number of methoxy groups -OCH3 is 1. The first-order valence-electron chi connectivity index (χ1n) is 8.28. The molecule has 0 radical (unpaired) electrons. The Labute approximate surface area is 129 Å². The van der Waals surface area contributed by atoms with Crippen LogP contribution in [0.2, 0.25) is 0 Å². The number of hydrogen-bond acceptors (Lipinski definition) is 3. The molecule has 1 N–H and O–H groups in total. The minimum atomic E-state index is 0.306. The molecule has 0 aromatic heterocycles. The molecule has 0 spiro atoms. The summed E-state index contributed by atoms with van der Waals surface area (Å²) in [5.41, 5.74) is 2.59. The molecular formula is C18H30N2O. The Morgan fingerprint density at radius 2 is 2.14 bits per heavy atom. The van der Waals surface area contributed by atoms with E-state index in [1.165, 1.54) is 30.5 Å². The van der Waals surface area contributed by atoms with Crippen molar-refractivity contribution in [1.29, 1.82) is 0 Å². The number of hydrogen-bond donors (Lipinski definition) is 1. The number of rotatable bonds is 8. The van der Waals surface area contributed by atoms with Crippen LogP contribution in [0.15, 0.2) is 18.2 Å². The maximum atomic E-state index is 5.62. The Morgan fingerprint density at radius 1 is 1.38 bits per heavy atom. The van der Waals surface area contributed by atoms with Gasteiger partial charge in [0.1, 0.15) is 5.75 Å². The maximum absolute atomic E-state index is 5.62. The minimum absolute atomic E-state index is 0.306. The normalized spacial score (nSPS) is 16.4. The molecule has 0 saturated heterocycles. The Balaban J connectivity index is 2.21. The quantitative estimate of drug-likeness (QED) is 0.783. The zero-order valence-corrected chi connectivity index (χ0v) is 14.0. The molecular weight excluding hydrogens is 260 g/mol. The van der Waals surface area contributed by atoms with E-state index in [4.69, 9.17) is 4.74 Å². The van der Waals surface area contributed by atoms with Crippen molar-refractivity contribution in [2.75, 3.05) is 32.1 Å². The summed E-state index contributed by atoms with van der Waals surface area (Å²) in [6.45, 7) is 6.62. The van der Waals surface area contributed by atoms with Gasteiger partial charge in [0.05, 0.1) is 7.11 Å². The van der Waals surface area contributed by atoms with Gasteiger partial charge in [-0.15, -0.1) is 0 Å². The molecule has 3 heteroatoms. The van der Waals surface area contributed by atoms with Gasteiger partial charge in [-0.25, -0.2) is 0 Å². The van der Waals surface area contributed by atoms with E-state index in [1.54, 1.807) is 7.11 Å². The van der Waals surface area contributed by atoms with Gasteiger partial charge in [-0.1, -0.05) is 19.4 Å². The number of nitrogens with one attached hydrogen (secondary N) is 1. The van der Waals surface area contributed by atoms with Gasteiger partial charge in [0.15, 0.2) is 0 Å². The number of anilines is 1. The molecule has 1 atom stereocenters. The van der Waals surface area contributed by atoms with E-state index in [0.717, 1.165) is 31.2 Å². The predicted octanol–water partition coefficient (Wildman–Crippen LogP) is 3.99. The van der Waals surface area contributed by atoms with Crippen molar-refractivity contribution in [1.82, 2.24) is 5.32 Å². The summed E-state index contributed by atoms with van der Waals surface area (Å²) >= 11 is 0. The van der Waals surface area contributed by atoms with Crippen LogP contribution in [0.1, 0.15) is 51.1 Å². The molecule has 1 aliphatic carbocycles. The van der Waals surface area contributed by atoms with E-state index in [9.17, 15) is 0 Å². The summed E-state index contributed by atoms with van der Waals surface area (Å²) in [5.74, 6) is 1.86. The Bertz CT molecular complexity index is 443. The fourth-order valence-electron chi connectivity index (χ4n) is 3.10. The van der Waals surface area contributed by atoms with Gasteiger partial charge < -0.3 is 15.0 Å². The molecule has 1 unspecified atom stereocenters. The maximum Gasteiger partial charge on any atom is 0.125 e. The second kappa shape index (κ2) is 7.69.